The average Bonchev–Trinajstić information content (AvgIpc) is 3.38. The number of hydrogen-bond acceptors (Lipinski definition) is 5. The fourth-order valence-electron chi connectivity index (χ4n) is 3.44. The maximum atomic E-state index is 6.49. The molecule has 158 valence electrons. The highest BCUT2D eigenvalue weighted by molar-refractivity contribution is 6.35. The number of hydrogen-bond donors (Lipinski definition) is 1. The molecule has 30 heavy (non-hydrogen) atoms. The number of halogens is 2. The number of aromatic nitrogens is 2. The van der Waals surface area contributed by atoms with Gasteiger partial charge in [0.1, 0.15) is 18.5 Å². The van der Waals surface area contributed by atoms with Crippen LogP contribution in [0.5, 0.6) is 5.75 Å². The van der Waals surface area contributed by atoms with Gasteiger partial charge in [0, 0.05) is 35.2 Å². The van der Waals surface area contributed by atoms with Gasteiger partial charge in [0.15, 0.2) is 0 Å². The van der Waals surface area contributed by atoms with Gasteiger partial charge in [0.2, 0.25) is 5.79 Å². The van der Waals surface area contributed by atoms with Crippen molar-refractivity contribution in [3.63, 3.8) is 0 Å². The number of rotatable bonds is 8. The van der Waals surface area contributed by atoms with Gasteiger partial charge in [0.25, 0.3) is 0 Å². The standard InChI is InChI=1S/C22H23Cl2N3O3/c1-2-26-17-4-6-18(7-5-17)28-12-19-13-29-22(30-19,14-27-10-9-25-15-27)20-8-3-16(23)11-21(20)24/h3-11,15,19,26H,2,12-14H2,1H3/t19-,22-/m1/s1. The second-order valence-electron chi connectivity index (χ2n) is 7.03. The quantitative estimate of drug-likeness (QED) is 0.528. The van der Waals surface area contributed by atoms with Crippen LogP contribution in [0.25, 0.3) is 0 Å². The summed E-state index contributed by atoms with van der Waals surface area (Å²) in [6.07, 6.45) is 5.03. The number of nitrogens with one attached hydrogen (secondary N) is 1. The molecule has 0 amide bonds. The molecule has 1 N–H and O–H groups in total. The van der Waals surface area contributed by atoms with Crippen molar-refractivity contribution in [3.8, 4) is 5.75 Å². The molecule has 1 aliphatic heterocycles. The Morgan fingerprint density at radius 2 is 2.07 bits per heavy atom. The van der Waals surface area contributed by atoms with Gasteiger partial charge in [0.05, 0.1) is 24.5 Å². The van der Waals surface area contributed by atoms with E-state index in [4.69, 9.17) is 37.4 Å². The molecule has 0 saturated carbocycles. The molecule has 0 bridgehead atoms. The molecule has 1 aliphatic rings. The number of benzene rings is 2. The van der Waals surface area contributed by atoms with Gasteiger partial charge in [-0.05, 0) is 43.3 Å². The summed E-state index contributed by atoms with van der Waals surface area (Å²) in [5, 5.41) is 4.31. The van der Waals surface area contributed by atoms with Crippen molar-refractivity contribution in [2.75, 3.05) is 25.1 Å². The van der Waals surface area contributed by atoms with E-state index in [9.17, 15) is 0 Å². The SMILES string of the molecule is CCNc1ccc(OC[C@@H]2CO[C@@](Cn3ccnc3)(c3ccc(Cl)cc3Cl)O2)cc1. The van der Waals surface area contributed by atoms with Crippen LogP contribution in [-0.2, 0) is 21.8 Å². The lowest BCUT2D eigenvalue weighted by atomic mass is 10.1. The van der Waals surface area contributed by atoms with E-state index >= 15 is 0 Å². The summed E-state index contributed by atoms with van der Waals surface area (Å²) in [6, 6.07) is 13.1. The summed E-state index contributed by atoms with van der Waals surface area (Å²) in [7, 11) is 0. The lowest BCUT2D eigenvalue weighted by Gasteiger charge is -2.30. The maximum absolute atomic E-state index is 6.49. The average molecular weight is 448 g/mol. The molecular formula is C22H23Cl2N3O3. The summed E-state index contributed by atoms with van der Waals surface area (Å²) >= 11 is 12.6. The Bertz CT molecular complexity index is 966. The van der Waals surface area contributed by atoms with Gasteiger partial charge >= 0.3 is 0 Å². The summed E-state index contributed by atoms with van der Waals surface area (Å²) < 4.78 is 20.4. The van der Waals surface area contributed by atoms with Crippen molar-refractivity contribution in [1.29, 1.82) is 0 Å². The third kappa shape index (κ3) is 4.73. The van der Waals surface area contributed by atoms with Gasteiger partial charge in [-0.25, -0.2) is 4.98 Å². The van der Waals surface area contributed by atoms with Crippen LogP contribution in [0.15, 0.2) is 61.2 Å². The lowest BCUT2D eigenvalue weighted by molar-refractivity contribution is -0.189. The summed E-state index contributed by atoms with van der Waals surface area (Å²) in [5.74, 6) is -0.275. The normalized spacial score (nSPS) is 21.0. The second-order valence-corrected chi connectivity index (χ2v) is 7.87. The molecule has 6 nitrogen and oxygen atoms in total. The van der Waals surface area contributed by atoms with E-state index in [1.807, 2.05) is 41.1 Å². The number of imidazole rings is 1. The van der Waals surface area contributed by atoms with Crippen LogP contribution >= 0.6 is 23.2 Å². The molecule has 1 fully saturated rings. The van der Waals surface area contributed by atoms with Crippen molar-refractivity contribution in [2.45, 2.75) is 25.4 Å². The van der Waals surface area contributed by atoms with Crippen molar-refractivity contribution in [1.82, 2.24) is 9.55 Å². The highest BCUT2D eigenvalue weighted by Crippen LogP contribution is 2.40. The highest BCUT2D eigenvalue weighted by Gasteiger charge is 2.45. The smallest absolute Gasteiger partial charge is 0.215 e. The molecule has 4 rings (SSSR count). The minimum Gasteiger partial charge on any atom is -0.491 e. The van der Waals surface area contributed by atoms with Gasteiger partial charge in [-0.3, -0.25) is 0 Å². The molecular weight excluding hydrogens is 425 g/mol. The van der Waals surface area contributed by atoms with Crippen LogP contribution in [0.1, 0.15) is 12.5 Å². The van der Waals surface area contributed by atoms with Crippen LogP contribution in [0.4, 0.5) is 5.69 Å². The first kappa shape index (κ1) is 21.0. The van der Waals surface area contributed by atoms with Crippen LogP contribution < -0.4 is 10.1 Å². The van der Waals surface area contributed by atoms with E-state index < -0.39 is 5.79 Å². The highest BCUT2D eigenvalue weighted by atomic mass is 35.5. The Hall–Kier alpha value is -2.25. The Morgan fingerprint density at radius 1 is 1.23 bits per heavy atom. The third-order valence-corrected chi connectivity index (χ3v) is 5.37. The molecule has 1 aromatic heterocycles. The Kier molecular flexibility index (Phi) is 6.49. The molecule has 1 saturated heterocycles. The minimum atomic E-state index is -1.05. The zero-order valence-corrected chi connectivity index (χ0v) is 18.1. The molecule has 0 radical (unpaired) electrons. The summed E-state index contributed by atoms with van der Waals surface area (Å²) in [6.45, 7) is 4.08. The second kappa shape index (κ2) is 9.27. The zero-order valence-electron chi connectivity index (χ0n) is 16.6. The first-order chi connectivity index (χ1) is 14.6. The third-order valence-electron chi connectivity index (χ3n) is 4.82. The van der Waals surface area contributed by atoms with E-state index in [0.717, 1.165) is 23.5 Å². The molecule has 3 aromatic rings. The Balaban J connectivity index is 1.48. The monoisotopic (exact) mass is 447 g/mol. The van der Waals surface area contributed by atoms with Crippen LogP contribution in [0, 0.1) is 0 Å². The molecule has 2 aromatic carbocycles. The van der Waals surface area contributed by atoms with Gasteiger partial charge < -0.3 is 24.1 Å². The van der Waals surface area contributed by atoms with Gasteiger partial charge in [-0.2, -0.15) is 0 Å². The fraction of sp³-hybridized carbons (Fsp3) is 0.318. The minimum absolute atomic E-state index is 0.256. The molecule has 8 heteroatoms. The maximum Gasteiger partial charge on any atom is 0.215 e. The molecule has 2 atom stereocenters. The van der Waals surface area contributed by atoms with Crippen LogP contribution in [0.2, 0.25) is 10.0 Å². The van der Waals surface area contributed by atoms with Crippen molar-refractivity contribution < 1.29 is 14.2 Å². The first-order valence-corrected chi connectivity index (χ1v) is 10.5. The largest absolute Gasteiger partial charge is 0.491 e. The first-order valence-electron chi connectivity index (χ1n) is 9.78. The summed E-state index contributed by atoms with van der Waals surface area (Å²) in [5.41, 5.74) is 1.78. The van der Waals surface area contributed by atoms with E-state index in [1.165, 1.54) is 0 Å². The van der Waals surface area contributed by atoms with E-state index in [2.05, 4.69) is 17.2 Å². The Labute approximate surface area is 185 Å². The summed E-state index contributed by atoms with van der Waals surface area (Å²) in [4.78, 5) is 4.11. The van der Waals surface area contributed by atoms with E-state index in [1.54, 1.807) is 24.7 Å². The van der Waals surface area contributed by atoms with Crippen LogP contribution in [0.3, 0.4) is 0 Å². The number of ether oxygens (including phenoxy) is 3. The number of nitrogens with zero attached hydrogens (tertiary/aromatic N) is 2. The molecule has 2 heterocycles. The Morgan fingerprint density at radius 3 is 2.77 bits per heavy atom. The number of anilines is 1. The predicted molar refractivity (Wildman–Crippen MR) is 117 cm³/mol. The van der Waals surface area contributed by atoms with Crippen molar-refractivity contribution in [2.24, 2.45) is 0 Å². The van der Waals surface area contributed by atoms with E-state index in [-0.39, 0.29) is 6.10 Å². The van der Waals surface area contributed by atoms with Gasteiger partial charge in [-0.1, -0.05) is 29.3 Å². The van der Waals surface area contributed by atoms with Crippen molar-refractivity contribution in [3.05, 3.63) is 76.8 Å². The fourth-order valence-corrected chi connectivity index (χ4v) is 3.99. The van der Waals surface area contributed by atoms with Gasteiger partial charge in [-0.15, -0.1) is 0 Å². The topological polar surface area (TPSA) is 57.5 Å². The van der Waals surface area contributed by atoms with E-state index in [0.29, 0.717) is 29.8 Å². The molecule has 0 unspecified atom stereocenters. The lowest BCUT2D eigenvalue weighted by Crippen LogP contribution is -2.34. The predicted octanol–water partition coefficient (Wildman–Crippen LogP) is 4.97. The molecule has 0 aliphatic carbocycles. The van der Waals surface area contributed by atoms with Crippen LogP contribution in [-0.4, -0.2) is 35.4 Å². The molecule has 0 spiro atoms. The zero-order chi connectivity index (χ0) is 21.0. The van der Waals surface area contributed by atoms with Crippen molar-refractivity contribution >= 4 is 28.9 Å².